The van der Waals surface area contributed by atoms with Crippen molar-refractivity contribution in [2.45, 2.75) is 59.8 Å². The van der Waals surface area contributed by atoms with E-state index in [1.807, 2.05) is 0 Å². The van der Waals surface area contributed by atoms with Crippen LogP contribution in [0.5, 0.6) is 0 Å². The molecular weight excluding hydrogens is 144 g/mol. The zero-order valence-electron chi connectivity index (χ0n) is 9.19. The third kappa shape index (κ3) is 2.24. The van der Waals surface area contributed by atoms with E-state index in [1.165, 1.54) is 32.1 Å². The molecule has 0 amide bonds. The number of hydrogen-bond acceptors (Lipinski definition) is 0. The lowest BCUT2D eigenvalue weighted by atomic mass is 9.94. The van der Waals surface area contributed by atoms with Crippen LogP contribution in [0.15, 0.2) is 0 Å². The van der Waals surface area contributed by atoms with E-state index >= 15 is 0 Å². The average Bonchev–Trinajstić information content (AvgIpc) is 2.63. The Labute approximate surface area is 77.7 Å². The zero-order chi connectivity index (χ0) is 9.19. The fourth-order valence-electron chi connectivity index (χ4n) is 2.40. The molecule has 0 aromatic carbocycles. The topological polar surface area (TPSA) is 0 Å². The maximum absolute atomic E-state index is 2.45. The Morgan fingerprint density at radius 1 is 1.42 bits per heavy atom. The first-order valence-corrected chi connectivity index (χ1v) is 5.62. The van der Waals surface area contributed by atoms with E-state index in [9.17, 15) is 0 Å². The second kappa shape index (κ2) is 3.81. The quantitative estimate of drug-likeness (QED) is 0.575. The van der Waals surface area contributed by atoms with E-state index in [0.717, 1.165) is 17.3 Å². The molecule has 0 heteroatoms. The Bertz CT molecular complexity index is 139. The van der Waals surface area contributed by atoms with Crippen molar-refractivity contribution in [3.63, 3.8) is 0 Å². The smallest absolute Gasteiger partial charge is 0.0297 e. The summed E-state index contributed by atoms with van der Waals surface area (Å²) in [6.45, 7) is 9.50. The molecule has 72 valence electrons. The number of hydrogen-bond donors (Lipinski definition) is 0. The van der Waals surface area contributed by atoms with Gasteiger partial charge < -0.3 is 0 Å². The fraction of sp³-hybridized carbons (Fsp3) is 1.00. The highest BCUT2D eigenvalue weighted by Crippen LogP contribution is 2.57. The van der Waals surface area contributed by atoms with E-state index in [1.54, 1.807) is 0 Å². The molecule has 3 unspecified atom stereocenters. The predicted octanol–water partition coefficient (Wildman–Crippen LogP) is 4.25. The molecule has 0 aliphatic heterocycles. The summed E-state index contributed by atoms with van der Waals surface area (Å²) in [5.41, 5.74) is 0.738. The minimum absolute atomic E-state index is 0.738. The van der Waals surface area contributed by atoms with Gasteiger partial charge in [-0.2, -0.15) is 0 Å². The van der Waals surface area contributed by atoms with Gasteiger partial charge in [0.25, 0.3) is 0 Å². The highest BCUT2D eigenvalue weighted by Gasteiger charge is 2.47. The fourth-order valence-corrected chi connectivity index (χ4v) is 2.40. The van der Waals surface area contributed by atoms with Gasteiger partial charge in [0.05, 0.1) is 0 Å². The Kier molecular flexibility index (Phi) is 3.20. The van der Waals surface area contributed by atoms with Crippen LogP contribution in [-0.4, -0.2) is 0 Å². The molecule has 1 saturated carbocycles. The van der Waals surface area contributed by atoms with Gasteiger partial charge in [-0.25, -0.2) is 0 Å². The van der Waals surface area contributed by atoms with Crippen LogP contribution in [0, 0.1) is 17.3 Å². The lowest BCUT2D eigenvalue weighted by molar-refractivity contribution is 0.392. The van der Waals surface area contributed by atoms with Crippen molar-refractivity contribution in [1.82, 2.24) is 0 Å². The molecule has 1 fully saturated rings. The van der Waals surface area contributed by atoms with Crippen molar-refractivity contribution < 1.29 is 0 Å². The van der Waals surface area contributed by atoms with Crippen LogP contribution >= 0.6 is 0 Å². The Balaban J connectivity index is 2.18. The first-order chi connectivity index (χ1) is 5.62. The highest BCUT2D eigenvalue weighted by atomic mass is 14.5. The lowest BCUT2D eigenvalue weighted by Gasteiger charge is -2.12. The van der Waals surface area contributed by atoms with Crippen LogP contribution in [0.2, 0.25) is 0 Å². The van der Waals surface area contributed by atoms with Crippen LogP contribution in [0.4, 0.5) is 0 Å². The van der Waals surface area contributed by atoms with E-state index < -0.39 is 0 Å². The summed E-state index contributed by atoms with van der Waals surface area (Å²) in [6.07, 6.45) is 7.15. The Morgan fingerprint density at radius 2 is 2.08 bits per heavy atom. The molecule has 3 atom stereocenters. The van der Waals surface area contributed by atoms with Gasteiger partial charge in [-0.1, -0.05) is 47.0 Å². The molecule has 0 aromatic heterocycles. The molecule has 1 aliphatic carbocycles. The first-order valence-electron chi connectivity index (χ1n) is 5.62. The van der Waals surface area contributed by atoms with Crippen LogP contribution in [-0.2, 0) is 0 Å². The summed E-state index contributed by atoms with van der Waals surface area (Å²) >= 11 is 0. The van der Waals surface area contributed by atoms with E-state index in [2.05, 4.69) is 27.7 Å². The standard InChI is InChI=1S/C12H24/c1-5-7-10(3)8-11-9-12(11,4)6-2/h10-11H,5-9H2,1-4H3. The van der Waals surface area contributed by atoms with Gasteiger partial charge in [0, 0.05) is 0 Å². The molecular formula is C12H24. The molecule has 0 bridgehead atoms. The van der Waals surface area contributed by atoms with Crippen LogP contribution in [0.3, 0.4) is 0 Å². The molecule has 0 nitrogen and oxygen atoms in total. The SMILES string of the molecule is CCCC(C)CC1CC1(C)CC. The summed E-state index contributed by atoms with van der Waals surface area (Å²) in [4.78, 5) is 0. The highest BCUT2D eigenvalue weighted by molar-refractivity contribution is 4.97. The molecule has 0 saturated heterocycles. The summed E-state index contributed by atoms with van der Waals surface area (Å²) in [5.74, 6) is 2.03. The first kappa shape index (κ1) is 10.1. The third-order valence-corrected chi connectivity index (χ3v) is 3.81. The van der Waals surface area contributed by atoms with E-state index in [4.69, 9.17) is 0 Å². The molecule has 0 spiro atoms. The van der Waals surface area contributed by atoms with Crippen molar-refractivity contribution in [1.29, 1.82) is 0 Å². The van der Waals surface area contributed by atoms with Crippen molar-refractivity contribution in [3.8, 4) is 0 Å². The second-order valence-corrected chi connectivity index (χ2v) is 5.04. The van der Waals surface area contributed by atoms with Crippen molar-refractivity contribution in [3.05, 3.63) is 0 Å². The Hall–Kier alpha value is 0. The van der Waals surface area contributed by atoms with Gasteiger partial charge in [0.15, 0.2) is 0 Å². The molecule has 0 aromatic rings. The minimum atomic E-state index is 0.738. The van der Waals surface area contributed by atoms with Crippen LogP contribution in [0.25, 0.3) is 0 Å². The van der Waals surface area contributed by atoms with E-state index in [0.29, 0.717) is 0 Å². The summed E-state index contributed by atoms with van der Waals surface area (Å²) in [7, 11) is 0. The summed E-state index contributed by atoms with van der Waals surface area (Å²) < 4.78 is 0. The predicted molar refractivity (Wildman–Crippen MR) is 55.2 cm³/mol. The Morgan fingerprint density at radius 3 is 2.50 bits per heavy atom. The minimum Gasteiger partial charge on any atom is -0.0654 e. The molecule has 1 aliphatic rings. The molecule has 0 radical (unpaired) electrons. The van der Waals surface area contributed by atoms with Gasteiger partial charge in [-0.15, -0.1) is 0 Å². The van der Waals surface area contributed by atoms with Crippen LogP contribution in [0.1, 0.15) is 59.8 Å². The second-order valence-electron chi connectivity index (χ2n) is 5.04. The van der Waals surface area contributed by atoms with Gasteiger partial charge >= 0.3 is 0 Å². The summed E-state index contributed by atoms with van der Waals surface area (Å²) in [5, 5.41) is 0. The van der Waals surface area contributed by atoms with Crippen molar-refractivity contribution in [2.24, 2.45) is 17.3 Å². The number of rotatable bonds is 5. The van der Waals surface area contributed by atoms with Crippen LogP contribution < -0.4 is 0 Å². The maximum atomic E-state index is 2.45. The molecule has 1 rings (SSSR count). The van der Waals surface area contributed by atoms with Crippen molar-refractivity contribution >= 4 is 0 Å². The molecule has 0 N–H and O–H groups in total. The van der Waals surface area contributed by atoms with Gasteiger partial charge in [0.1, 0.15) is 0 Å². The molecule has 12 heavy (non-hydrogen) atoms. The third-order valence-electron chi connectivity index (χ3n) is 3.81. The molecule has 0 heterocycles. The van der Waals surface area contributed by atoms with Gasteiger partial charge in [-0.3, -0.25) is 0 Å². The van der Waals surface area contributed by atoms with Crippen molar-refractivity contribution in [2.75, 3.05) is 0 Å². The van der Waals surface area contributed by atoms with Gasteiger partial charge in [-0.05, 0) is 30.1 Å². The monoisotopic (exact) mass is 168 g/mol. The average molecular weight is 168 g/mol. The zero-order valence-corrected chi connectivity index (χ0v) is 9.19. The maximum Gasteiger partial charge on any atom is -0.0297 e. The summed E-state index contributed by atoms with van der Waals surface area (Å²) in [6, 6.07) is 0. The van der Waals surface area contributed by atoms with Gasteiger partial charge in [0.2, 0.25) is 0 Å². The normalized spacial score (nSPS) is 36.5. The van der Waals surface area contributed by atoms with E-state index in [-0.39, 0.29) is 0 Å². The largest absolute Gasteiger partial charge is 0.0654 e. The lowest BCUT2D eigenvalue weighted by Crippen LogP contribution is -2.01.